The molecule has 41 heavy (non-hydrogen) atoms. The van der Waals surface area contributed by atoms with Crippen LogP contribution in [0.1, 0.15) is 5.56 Å². The van der Waals surface area contributed by atoms with E-state index in [0.717, 1.165) is 59.3 Å². The largest absolute Gasteiger partial charge is 0.476 e. The number of carbonyl (C=O) groups excluding carboxylic acids is 2. The number of hydrazone groups is 1. The Morgan fingerprint density at radius 3 is 1.93 bits per heavy atom. The van der Waals surface area contributed by atoms with Crippen molar-refractivity contribution in [3.8, 4) is 11.6 Å². The zero-order chi connectivity index (χ0) is 30.1. The number of aromatic nitrogens is 2. The predicted molar refractivity (Wildman–Crippen MR) is 139 cm³/mol. The van der Waals surface area contributed by atoms with Crippen molar-refractivity contribution in [1.82, 2.24) is 9.78 Å². The van der Waals surface area contributed by atoms with Crippen LogP contribution in [-0.2, 0) is 34.6 Å². The molecule has 1 aliphatic rings. The summed E-state index contributed by atoms with van der Waals surface area (Å²) in [7, 11) is -9.01. The number of benzene rings is 2. The molecule has 18 heteroatoms. The van der Waals surface area contributed by atoms with Crippen molar-refractivity contribution < 1.29 is 50.2 Å². The molecule has 0 unspecified atom stereocenters. The molecule has 4 rings (SSSR count). The van der Waals surface area contributed by atoms with Gasteiger partial charge in [-0.2, -0.15) is 26.9 Å². The number of aliphatic carboxylic acids is 1. The van der Waals surface area contributed by atoms with E-state index in [4.69, 9.17) is 13.8 Å². The zero-order valence-electron chi connectivity index (χ0n) is 20.1. The summed E-state index contributed by atoms with van der Waals surface area (Å²) in [6.45, 7) is 0.0215. The number of aromatic amines is 1. The Kier molecular flexibility index (Phi) is 7.57. The van der Waals surface area contributed by atoms with Crippen LogP contribution >= 0.6 is 0 Å². The maximum Gasteiger partial charge on any atom is 0.357 e. The van der Waals surface area contributed by atoms with Crippen molar-refractivity contribution >= 4 is 56.1 Å². The van der Waals surface area contributed by atoms with Crippen LogP contribution in [-0.4, -0.2) is 64.9 Å². The first-order valence-corrected chi connectivity index (χ1v) is 13.8. The van der Waals surface area contributed by atoms with E-state index >= 15 is 0 Å². The molecule has 0 atom stereocenters. The van der Waals surface area contributed by atoms with E-state index in [9.17, 15) is 41.1 Å². The minimum absolute atomic E-state index is 0.0104. The van der Waals surface area contributed by atoms with Crippen LogP contribution in [0, 0.1) is 0 Å². The summed E-state index contributed by atoms with van der Waals surface area (Å²) in [6.07, 6.45) is 3.25. The summed E-state index contributed by atoms with van der Waals surface area (Å²) in [5.74, 6) is -2.83. The van der Waals surface area contributed by atoms with Crippen LogP contribution < -0.4 is 15.3 Å². The highest BCUT2D eigenvalue weighted by Crippen LogP contribution is 2.26. The number of nitrogens with one attached hydrogen (secondary N) is 1. The highest BCUT2D eigenvalue weighted by molar-refractivity contribution is 7.86. The zero-order valence-corrected chi connectivity index (χ0v) is 21.7. The van der Waals surface area contributed by atoms with Gasteiger partial charge in [-0.15, -0.1) is 0 Å². The van der Waals surface area contributed by atoms with Gasteiger partial charge in [0, 0.05) is 0 Å². The maximum absolute atomic E-state index is 13.0. The molecule has 0 fully saturated rings. The second-order valence-electron chi connectivity index (χ2n) is 7.96. The van der Waals surface area contributed by atoms with Crippen LogP contribution in [0.5, 0.6) is 5.88 Å². The van der Waals surface area contributed by atoms with Gasteiger partial charge in [0.25, 0.3) is 38.2 Å². The van der Waals surface area contributed by atoms with E-state index in [0.29, 0.717) is 5.01 Å². The van der Waals surface area contributed by atoms with Crippen molar-refractivity contribution in [2.45, 2.75) is 9.79 Å². The summed E-state index contributed by atoms with van der Waals surface area (Å²) in [6, 6.07) is 8.63. The third kappa shape index (κ3) is 5.89. The summed E-state index contributed by atoms with van der Waals surface area (Å²) < 4.78 is 68.9. The monoisotopic (exact) mass is 604 g/mol. The van der Waals surface area contributed by atoms with Crippen molar-refractivity contribution in [2.75, 3.05) is 5.01 Å². The van der Waals surface area contributed by atoms with E-state index in [-0.39, 0.29) is 29.3 Å². The molecule has 2 heterocycles. The van der Waals surface area contributed by atoms with Crippen LogP contribution in [0.4, 0.5) is 5.69 Å². The van der Waals surface area contributed by atoms with Gasteiger partial charge in [-0.05, 0) is 60.7 Å². The molecule has 3 aromatic rings. The first kappa shape index (κ1) is 28.8. The van der Waals surface area contributed by atoms with E-state index in [1.165, 1.54) is 12.1 Å². The molecular weight excluding hydrogens is 588 g/mol. The molecule has 16 nitrogen and oxygen atoms in total. The lowest BCUT2D eigenvalue weighted by molar-refractivity contribution is -0.129. The molecule has 0 saturated carbocycles. The molecule has 0 radical (unpaired) electrons. The second-order valence-corrected chi connectivity index (χ2v) is 10.8. The Balaban J connectivity index is 1.68. The standard InChI is InChI=1S/C23H16N4O12S2/c28-12-39-20-18(22(30)27(25-20)14-6-10-16(11-7-14)41(36,37)38)3-1-2-17-19(23(31)32)24-26(21(17)29)13-4-8-15(9-5-13)40(33,34)35/h1-12,25H,(H,31,32)(H,33,34,35)(H,36,37,38). The highest BCUT2D eigenvalue weighted by atomic mass is 32.2. The number of carboxylic acid groups (broad SMARTS) is 1. The van der Waals surface area contributed by atoms with Crippen LogP contribution in [0.25, 0.3) is 11.8 Å². The summed E-state index contributed by atoms with van der Waals surface area (Å²) in [5, 5.41) is 16.5. The lowest BCUT2D eigenvalue weighted by atomic mass is 10.1. The number of ether oxygens (including phenoxy) is 1. The summed E-state index contributed by atoms with van der Waals surface area (Å²) in [4.78, 5) is 47.7. The fourth-order valence-electron chi connectivity index (χ4n) is 3.56. The Labute approximate surface area is 229 Å². The Morgan fingerprint density at radius 2 is 1.44 bits per heavy atom. The number of amides is 1. The molecule has 0 saturated heterocycles. The number of H-pyrrole nitrogens is 1. The maximum atomic E-state index is 13.0. The third-order valence-electron chi connectivity index (χ3n) is 5.44. The molecular formula is C23H16N4O12S2. The minimum atomic E-state index is -4.52. The van der Waals surface area contributed by atoms with Gasteiger partial charge in [0.05, 0.1) is 26.7 Å². The van der Waals surface area contributed by atoms with Gasteiger partial charge in [-0.3, -0.25) is 28.6 Å². The minimum Gasteiger partial charge on any atom is -0.476 e. The number of nitrogens with zero attached hydrogens (tertiary/aromatic N) is 3. The number of hydrogen-bond acceptors (Lipinski definition) is 10. The highest BCUT2D eigenvalue weighted by Gasteiger charge is 2.35. The van der Waals surface area contributed by atoms with E-state index in [1.54, 1.807) is 0 Å². The molecule has 1 aromatic heterocycles. The third-order valence-corrected chi connectivity index (χ3v) is 7.17. The lowest BCUT2D eigenvalue weighted by Crippen LogP contribution is -2.22. The normalized spacial score (nSPS) is 15.0. The van der Waals surface area contributed by atoms with Gasteiger partial charge in [0.1, 0.15) is 5.56 Å². The lowest BCUT2D eigenvalue weighted by Gasteiger charge is -2.11. The van der Waals surface area contributed by atoms with Gasteiger partial charge in [-0.1, -0.05) is 6.08 Å². The quantitative estimate of drug-likeness (QED) is 0.149. The molecule has 0 spiro atoms. The van der Waals surface area contributed by atoms with Gasteiger partial charge in [0.15, 0.2) is 5.71 Å². The molecule has 212 valence electrons. The summed E-state index contributed by atoms with van der Waals surface area (Å²) >= 11 is 0. The fraction of sp³-hybridized carbons (Fsp3) is 0. The van der Waals surface area contributed by atoms with Gasteiger partial charge in [-0.25, -0.2) is 9.48 Å². The number of anilines is 1. The Hall–Kier alpha value is -5.17. The number of hydrogen-bond donors (Lipinski definition) is 4. The number of allylic oxidation sites excluding steroid dienone is 2. The van der Waals surface area contributed by atoms with Crippen LogP contribution in [0.2, 0.25) is 0 Å². The Morgan fingerprint density at radius 1 is 0.902 bits per heavy atom. The molecule has 4 N–H and O–H groups in total. The van der Waals surface area contributed by atoms with E-state index < -0.39 is 58.7 Å². The number of rotatable bonds is 9. The predicted octanol–water partition coefficient (Wildman–Crippen LogP) is 0.621. The molecule has 1 amide bonds. The molecule has 2 aromatic carbocycles. The van der Waals surface area contributed by atoms with Crippen molar-refractivity contribution in [2.24, 2.45) is 5.10 Å². The fourth-order valence-corrected chi connectivity index (χ4v) is 4.52. The molecule has 0 bridgehead atoms. The van der Waals surface area contributed by atoms with E-state index in [1.807, 2.05) is 0 Å². The van der Waals surface area contributed by atoms with Crippen molar-refractivity contribution in [3.05, 3.63) is 82.2 Å². The van der Waals surface area contributed by atoms with Gasteiger partial charge < -0.3 is 9.84 Å². The van der Waals surface area contributed by atoms with E-state index in [2.05, 4.69) is 10.2 Å². The summed E-state index contributed by atoms with van der Waals surface area (Å²) in [5.41, 5.74) is -2.04. The second kappa shape index (κ2) is 10.8. The van der Waals surface area contributed by atoms with Crippen molar-refractivity contribution in [1.29, 1.82) is 0 Å². The van der Waals surface area contributed by atoms with Gasteiger partial charge in [0.2, 0.25) is 5.88 Å². The molecule has 1 aliphatic heterocycles. The smallest absolute Gasteiger partial charge is 0.357 e. The number of carboxylic acids is 1. The number of carbonyl (C=O) groups is 3. The van der Waals surface area contributed by atoms with Gasteiger partial charge >= 0.3 is 5.97 Å². The topological polar surface area (TPSA) is 243 Å². The SMILES string of the molecule is O=COc1[nH]n(-c2ccc(S(=O)(=O)O)cc2)c(=O)c1C=CC=C1C(=O)N(c2ccc(S(=O)(=O)O)cc2)N=C1C(=O)O. The first-order valence-electron chi connectivity index (χ1n) is 10.9. The Bertz CT molecular complexity index is 1930. The van der Waals surface area contributed by atoms with Crippen LogP contribution in [0.15, 0.2) is 85.9 Å². The average molecular weight is 605 g/mol. The first-order chi connectivity index (χ1) is 19.2. The van der Waals surface area contributed by atoms with Crippen molar-refractivity contribution in [3.63, 3.8) is 0 Å². The molecule has 0 aliphatic carbocycles. The van der Waals surface area contributed by atoms with Crippen LogP contribution in [0.3, 0.4) is 0 Å². The average Bonchev–Trinajstić information content (AvgIpc) is 3.40.